The zero-order valence-electron chi connectivity index (χ0n) is 13.3. The number of rotatable bonds is 7. The van der Waals surface area contributed by atoms with Crippen LogP contribution in [0.1, 0.15) is 36.7 Å². The van der Waals surface area contributed by atoms with Crippen LogP contribution in [-0.4, -0.2) is 22.8 Å². The first kappa shape index (κ1) is 15.9. The molecule has 5 nitrogen and oxygen atoms in total. The molecule has 0 amide bonds. The van der Waals surface area contributed by atoms with Crippen molar-refractivity contribution < 1.29 is 4.74 Å². The summed E-state index contributed by atoms with van der Waals surface area (Å²) in [4.78, 5) is 8.53. The number of nitrogens with one attached hydrogen (secondary N) is 1. The van der Waals surface area contributed by atoms with E-state index in [0.29, 0.717) is 5.95 Å². The monoisotopic (exact) mass is 298 g/mol. The van der Waals surface area contributed by atoms with E-state index in [9.17, 15) is 0 Å². The van der Waals surface area contributed by atoms with Gasteiger partial charge in [0.2, 0.25) is 5.95 Å². The standard InChI is InChI=1S/C17H22N4O/c1-4-5-10-22-16-8-6-15(7-9-16)12-18-21-17-19-13(2)11-14(3)20-17/h6-9,11-12H,4-5,10H2,1-3H3,(H,19,20,21). The first-order chi connectivity index (χ1) is 10.7. The maximum atomic E-state index is 5.62. The van der Waals surface area contributed by atoms with Gasteiger partial charge in [0.15, 0.2) is 0 Å². The van der Waals surface area contributed by atoms with E-state index in [0.717, 1.165) is 42.1 Å². The Balaban J connectivity index is 1.90. The second kappa shape index (κ2) is 8.12. The molecule has 1 heterocycles. The highest BCUT2D eigenvalue weighted by Gasteiger charge is 1.97. The number of hydrogen-bond acceptors (Lipinski definition) is 5. The Kier molecular flexibility index (Phi) is 5.89. The fourth-order valence-corrected chi connectivity index (χ4v) is 1.92. The minimum absolute atomic E-state index is 0.508. The van der Waals surface area contributed by atoms with Crippen LogP contribution in [0, 0.1) is 13.8 Å². The lowest BCUT2D eigenvalue weighted by Gasteiger charge is -2.05. The van der Waals surface area contributed by atoms with Crippen molar-refractivity contribution in [1.82, 2.24) is 9.97 Å². The number of benzene rings is 1. The van der Waals surface area contributed by atoms with E-state index in [2.05, 4.69) is 27.4 Å². The molecule has 0 aliphatic carbocycles. The Morgan fingerprint density at radius 1 is 1.14 bits per heavy atom. The van der Waals surface area contributed by atoms with Gasteiger partial charge in [-0.15, -0.1) is 0 Å². The van der Waals surface area contributed by atoms with Gasteiger partial charge < -0.3 is 4.74 Å². The number of anilines is 1. The summed E-state index contributed by atoms with van der Waals surface area (Å²) in [5.74, 6) is 1.39. The molecule has 0 aliphatic heterocycles. The highest BCUT2D eigenvalue weighted by Crippen LogP contribution is 2.11. The Labute approximate surface area is 131 Å². The minimum Gasteiger partial charge on any atom is -0.494 e. The molecule has 5 heteroatoms. The topological polar surface area (TPSA) is 59.4 Å². The molecule has 0 bridgehead atoms. The maximum absolute atomic E-state index is 5.62. The summed E-state index contributed by atoms with van der Waals surface area (Å²) in [6.07, 6.45) is 3.94. The predicted octanol–water partition coefficient (Wildman–Crippen LogP) is 3.72. The van der Waals surface area contributed by atoms with Gasteiger partial charge in [-0.2, -0.15) is 5.10 Å². The van der Waals surface area contributed by atoms with E-state index < -0.39 is 0 Å². The molecule has 0 radical (unpaired) electrons. The van der Waals surface area contributed by atoms with Crippen molar-refractivity contribution in [1.29, 1.82) is 0 Å². The molecule has 22 heavy (non-hydrogen) atoms. The fraction of sp³-hybridized carbons (Fsp3) is 0.353. The Hall–Kier alpha value is -2.43. The van der Waals surface area contributed by atoms with Crippen LogP contribution in [0.5, 0.6) is 5.75 Å². The average Bonchev–Trinajstić information content (AvgIpc) is 2.48. The third-order valence-electron chi connectivity index (χ3n) is 3.01. The van der Waals surface area contributed by atoms with E-state index >= 15 is 0 Å². The summed E-state index contributed by atoms with van der Waals surface area (Å²) >= 11 is 0. The third kappa shape index (κ3) is 5.16. The smallest absolute Gasteiger partial charge is 0.243 e. The lowest BCUT2D eigenvalue weighted by molar-refractivity contribution is 0.309. The van der Waals surface area contributed by atoms with Crippen molar-refractivity contribution in [2.45, 2.75) is 33.6 Å². The molecule has 2 rings (SSSR count). The van der Waals surface area contributed by atoms with Crippen LogP contribution in [0.3, 0.4) is 0 Å². The molecular formula is C17H22N4O. The quantitative estimate of drug-likeness (QED) is 0.481. The van der Waals surface area contributed by atoms with Gasteiger partial charge in [0.05, 0.1) is 12.8 Å². The Morgan fingerprint density at radius 3 is 2.45 bits per heavy atom. The molecular weight excluding hydrogens is 276 g/mol. The lowest BCUT2D eigenvalue weighted by Crippen LogP contribution is -2.00. The van der Waals surface area contributed by atoms with E-state index in [1.807, 2.05) is 44.2 Å². The molecule has 2 aromatic rings. The molecule has 0 fully saturated rings. The van der Waals surface area contributed by atoms with Crippen LogP contribution in [0.4, 0.5) is 5.95 Å². The molecule has 0 aliphatic rings. The van der Waals surface area contributed by atoms with Crippen LogP contribution in [0.25, 0.3) is 0 Å². The van der Waals surface area contributed by atoms with E-state index in [-0.39, 0.29) is 0 Å². The number of nitrogens with zero attached hydrogens (tertiary/aromatic N) is 3. The minimum atomic E-state index is 0.508. The zero-order chi connectivity index (χ0) is 15.8. The largest absolute Gasteiger partial charge is 0.494 e. The summed E-state index contributed by atoms with van der Waals surface area (Å²) in [5.41, 5.74) is 5.66. The first-order valence-corrected chi connectivity index (χ1v) is 7.51. The first-order valence-electron chi connectivity index (χ1n) is 7.51. The van der Waals surface area contributed by atoms with Crippen molar-refractivity contribution in [3.8, 4) is 5.75 Å². The van der Waals surface area contributed by atoms with E-state index in [4.69, 9.17) is 4.74 Å². The van der Waals surface area contributed by atoms with Gasteiger partial charge in [0, 0.05) is 11.4 Å². The highest BCUT2D eigenvalue weighted by atomic mass is 16.5. The van der Waals surface area contributed by atoms with E-state index in [1.165, 1.54) is 0 Å². The van der Waals surface area contributed by atoms with Crippen molar-refractivity contribution in [3.05, 3.63) is 47.3 Å². The maximum Gasteiger partial charge on any atom is 0.243 e. The van der Waals surface area contributed by atoms with Crippen LogP contribution in [0.2, 0.25) is 0 Å². The van der Waals surface area contributed by atoms with Crippen molar-refractivity contribution >= 4 is 12.2 Å². The molecule has 116 valence electrons. The van der Waals surface area contributed by atoms with Crippen LogP contribution >= 0.6 is 0 Å². The summed E-state index contributed by atoms with van der Waals surface area (Å²) in [7, 11) is 0. The van der Waals surface area contributed by atoms with Crippen LogP contribution < -0.4 is 10.2 Å². The molecule has 0 saturated heterocycles. The average molecular weight is 298 g/mol. The van der Waals surface area contributed by atoms with Gasteiger partial charge in [-0.1, -0.05) is 13.3 Å². The molecule has 0 unspecified atom stereocenters. The number of aromatic nitrogens is 2. The summed E-state index contributed by atoms with van der Waals surface area (Å²) in [5, 5.41) is 4.16. The summed E-state index contributed by atoms with van der Waals surface area (Å²) in [6, 6.07) is 9.75. The van der Waals surface area contributed by atoms with Crippen molar-refractivity contribution in [3.63, 3.8) is 0 Å². The molecule has 0 spiro atoms. The summed E-state index contributed by atoms with van der Waals surface area (Å²) < 4.78 is 5.62. The second-order valence-electron chi connectivity index (χ2n) is 5.12. The fourth-order valence-electron chi connectivity index (χ4n) is 1.92. The van der Waals surface area contributed by atoms with Gasteiger partial charge in [0.1, 0.15) is 5.75 Å². The van der Waals surface area contributed by atoms with Crippen LogP contribution in [0.15, 0.2) is 35.4 Å². The van der Waals surface area contributed by atoms with Crippen molar-refractivity contribution in [2.75, 3.05) is 12.0 Å². The number of hydrazone groups is 1. The number of unbranched alkanes of at least 4 members (excludes halogenated alkanes) is 1. The second-order valence-corrected chi connectivity index (χ2v) is 5.12. The zero-order valence-corrected chi connectivity index (χ0v) is 13.3. The SMILES string of the molecule is CCCCOc1ccc(C=NNc2nc(C)cc(C)n2)cc1. The lowest BCUT2D eigenvalue weighted by atomic mass is 10.2. The summed E-state index contributed by atoms with van der Waals surface area (Å²) in [6.45, 7) is 6.77. The predicted molar refractivity (Wildman–Crippen MR) is 89.6 cm³/mol. The van der Waals surface area contributed by atoms with Gasteiger partial charge in [-0.25, -0.2) is 15.4 Å². The molecule has 1 aromatic heterocycles. The van der Waals surface area contributed by atoms with Gasteiger partial charge >= 0.3 is 0 Å². The van der Waals surface area contributed by atoms with Gasteiger partial charge in [-0.3, -0.25) is 0 Å². The van der Waals surface area contributed by atoms with Gasteiger partial charge in [0.25, 0.3) is 0 Å². The third-order valence-corrected chi connectivity index (χ3v) is 3.01. The molecule has 0 saturated carbocycles. The van der Waals surface area contributed by atoms with E-state index in [1.54, 1.807) is 6.21 Å². The highest BCUT2D eigenvalue weighted by molar-refractivity contribution is 5.80. The Bertz CT molecular complexity index is 603. The normalized spacial score (nSPS) is 10.9. The number of ether oxygens (including phenoxy) is 1. The van der Waals surface area contributed by atoms with Gasteiger partial charge in [-0.05, 0) is 56.2 Å². The molecule has 1 N–H and O–H groups in total. The molecule has 0 atom stereocenters. The number of hydrogen-bond donors (Lipinski definition) is 1. The van der Waals surface area contributed by atoms with Crippen LogP contribution in [-0.2, 0) is 0 Å². The molecule has 1 aromatic carbocycles. The van der Waals surface area contributed by atoms with Crippen molar-refractivity contribution in [2.24, 2.45) is 5.10 Å². The number of aryl methyl sites for hydroxylation is 2. The Morgan fingerprint density at radius 2 is 1.82 bits per heavy atom.